The molecule has 1 aliphatic rings. The normalized spacial score (nSPS) is 17.3. The van der Waals surface area contributed by atoms with Crippen LogP contribution in [0.4, 0.5) is 0 Å². The Kier molecular flexibility index (Phi) is 1.63. The molecule has 46 valence electrons. The Labute approximate surface area is 55.1 Å². The fourth-order valence-electron chi connectivity index (χ4n) is 0.717. The maximum atomic E-state index is 4.01. The molecule has 0 aromatic carbocycles. The van der Waals surface area contributed by atoms with Gasteiger partial charge in [-0.25, -0.2) is 0 Å². The molecule has 0 aliphatic carbocycles. The maximum absolute atomic E-state index is 4.01. The lowest BCUT2D eigenvalue weighted by atomic mass is 10.1. The highest BCUT2D eigenvalue weighted by molar-refractivity contribution is 5.77. The summed E-state index contributed by atoms with van der Waals surface area (Å²) in [7, 11) is 0. The van der Waals surface area contributed by atoms with E-state index in [1.165, 1.54) is 0 Å². The molecule has 0 amide bonds. The molecular weight excluding hydrogens is 110 g/mol. The fraction of sp³-hybridized carbons (Fsp3) is 0.125. The first kappa shape index (κ1) is 6.02. The van der Waals surface area contributed by atoms with Gasteiger partial charge in [-0.05, 0) is 17.2 Å². The number of aliphatic imine (C=N–C) groups is 1. The van der Waals surface area contributed by atoms with Crippen molar-refractivity contribution in [1.82, 2.24) is 0 Å². The molecule has 0 unspecified atom stereocenters. The number of dihydropyridines is 1. The van der Waals surface area contributed by atoms with Gasteiger partial charge in [0.1, 0.15) is 0 Å². The number of hydrogen-bond acceptors (Lipinski definition) is 1. The summed E-state index contributed by atoms with van der Waals surface area (Å²) in [5, 5.41) is 0. The Balaban J connectivity index is 2.86. The zero-order valence-electron chi connectivity index (χ0n) is 5.30. The van der Waals surface area contributed by atoms with Crippen LogP contribution >= 0.6 is 0 Å². The third-order valence-electron chi connectivity index (χ3n) is 1.27. The van der Waals surface area contributed by atoms with E-state index in [1.807, 2.05) is 6.08 Å². The molecule has 0 atom stereocenters. The highest BCUT2D eigenvalue weighted by atomic mass is 14.7. The SMILES string of the molecule is C=CC1=CC=NCC1=C. The summed E-state index contributed by atoms with van der Waals surface area (Å²) in [6, 6.07) is 0. The van der Waals surface area contributed by atoms with Gasteiger partial charge in [0.05, 0.1) is 6.54 Å². The zero-order valence-corrected chi connectivity index (χ0v) is 5.30. The second-order valence-corrected chi connectivity index (χ2v) is 1.92. The summed E-state index contributed by atoms with van der Waals surface area (Å²) in [6.45, 7) is 8.18. The van der Waals surface area contributed by atoms with E-state index >= 15 is 0 Å². The van der Waals surface area contributed by atoms with Gasteiger partial charge in [-0.3, -0.25) is 4.99 Å². The van der Waals surface area contributed by atoms with Gasteiger partial charge in [0, 0.05) is 6.21 Å². The van der Waals surface area contributed by atoms with Crippen molar-refractivity contribution in [3.05, 3.63) is 36.5 Å². The average molecular weight is 119 g/mol. The Hall–Kier alpha value is -1.11. The van der Waals surface area contributed by atoms with Crippen LogP contribution in [0.5, 0.6) is 0 Å². The molecule has 0 bridgehead atoms. The fourth-order valence-corrected chi connectivity index (χ4v) is 0.717. The van der Waals surface area contributed by atoms with E-state index in [1.54, 1.807) is 12.3 Å². The lowest BCUT2D eigenvalue weighted by Crippen LogP contribution is -1.95. The highest BCUT2D eigenvalue weighted by Crippen LogP contribution is 2.10. The Bertz CT molecular complexity index is 197. The van der Waals surface area contributed by atoms with E-state index in [0.717, 1.165) is 17.7 Å². The molecule has 1 rings (SSSR count). The van der Waals surface area contributed by atoms with Crippen LogP contribution in [0.2, 0.25) is 0 Å². The summed E-state index contributed by atoms with van der Waals surface area (Å²) < 4.78 is 0. The molecule has 1 aliphatic heterocycles. The smallest absolute Gasteiger partial charge is 0.0639 e. The molecule has 0 saturated carbocycles. The second-order valence-electron chi connectivity index (χ2n) is 1.92. The number of allylic oxidation sites excluding steroid dienone is 2. The highest BCUT2D eigenvalue weighted by Gasteiger charge is 1.98. The molecule has 0 fully saturated rings. The van der Waals surface area contributed by atoms with Gasteiger partial charge in [0.25, 0.3) is 0 Å². The van der Waals surface area contributed by atoms with Crippen LogP contribution in [0.15, 0.2) is 41.4 Å². The molecule has 0 aromatic rings. The van der Waals surface area contributed by atoms with Crippen molar-refractivity contribution in [2.24, 2.45) is 4.99 Å². The standard InChI is InChI=1S/C8H9N/c1-3-8-4-5-9-6-7(8)2/h3-5H,1-2,6H2. The molecule has 0 spiro atoms. The van der Waals surface area contributed by atoms with Crippen LogP contribution in [0.3, 0.4) is 0 Å². The van der Waals surface area contributed by atoms with E-state index in [2.05, 4.69) is 18.2 Å². The predicted molar refractivity (Wildman–Crippen MR) is 40.8 cm³/mol. The average Bonchev–Trinajstić information content (AvgIpc) is 1.89. The molecule has 0 aromatic heterocycles. The molecule has 1 heteroatoms. The second kappa shape index (κ2) is 2.44. The monoisotopic (exact) mass is 119 g/mol. The van der Waals surface area contributed by atoms with E-state index in [4.69, 9.17) is 0 Å². The lowest BCUT2D eigenvalue weighted by Gasteiger charge is -2.05. The quantitative estimate of drug-likeness (QED) is 0.498. The number of nitrogens with zero attached hydrogens (tertiary/aromatic N) is 1. The van der Waals surface area contributed by atoms with Crippen LogP contribution < -0.4 is 0 Å². The van der Waals surface area contributed by atoms with Crippen LogP contribution in [-0.4, -0.2) is 12.8 Å². The van der Waals surface area contributed by atoms with Gasteiger partial charge >= 0.3 is 0 Å². The molecular formula is C8H9N. The Morgan fingerprint density at radius 1 is 1.67 bits per heavy atom. The topological polar surface area (TPSA) is 12.4 Å². The zero-order chi connectivity index (χ0) is 6.69. The van der Waals surface area contributed by atoms with Crippen molar-refractivity contribution < 1.29 is 0 Å². The minimum absolute atomic E-state index is 0.720. The third kappa shape index (κ3) is 1.17. The van der Waals surface area contributed by atoms with E-state index in [-0.39, 0.29) is 0 Å². The first-order valence-corrected chi connectivity index (χ1v) is 2.85. The van der Waals surface area contributed by atoms with Crippen molar-refractivity contribution in [3.8, 4) is 0 Å². The van der Waals surface area contributed by atoms with Crippen molar-refractivity contribution >= 4 is 6.21 Å². The van der Waals surface area contributed by atoms with Gasteiger partial charge in [-0.1, -0.05) is 19.2 Å². The predicted octanol–water partition coefficient (Wildman–Crippen LogP) is 1.74. The maximum Gasteiger partial charge on any atom is 0.0639 e. The van der Waals surface area contributed by atoms with Gasteiger partial charge in [0.2, 0.25) is 0 Å². The van der Waals surface area contributed by atoms with Gasteiger partial charge in [-0.15, -0.1) is 0 Å². The summed E-state index contributed by atoms with van der Waals surface area (Å²) in [6.07, 6.45) is 5.50. The van der Waals surface area contributed by atoms with Crippen molar-refractivity contribution in [3.63, 3.8) is 0 Å². The number of rotatable bonds is 1. The van der Waals surface area contributed by atoms with E-state index in [0.29, 0.717) is 0 Å². The van der Waals surface area contributed by atoms with Gasteiger partial charge in [-0.2, -0.15) is 0 Å². The largest absolute Gasteiger partial charge is 0.288 e. The Morgan fingerprint density at radius 3 is 2.89 bits per heavy atom. The molecule has 0 N–H and O–H groups in total. The molecule has 0 saturated heterocycles. The lowest BCUT2D eigenvalue weighted by molar-refractivity contribution is 1.16. The first-order valence-electron chi connectivity index (χ1n) is 2.85. The minimum Gasteiger partial charge on any atom is -0.288 e. The van der Waals surface area contributed by atoms with Crippen molar-refractivity contribution in [2.75, 3.05) is 6.54 Å². The van der Waals surface area contributed by atoms with Gasteiger partial charge < -0.3 is 0 Å². The van der Waals surface area contributed by atoms with Crippen LogP contribution in [0.25, 0.3) is 0 Å². The summed E-state index contributed by atoms with van der Waals surface area (Å²) in [4.78, 5) is 4.01. The molecule has 1 heterocycles. The summed E-state index contributed by atoms with van der Waals surface area (Å²) in [5.41, 5.74) is 2.15. The minimum atomic E-state index is 0.720. The van der Waals surface area contributed by atoms with E-state index < -0.39 is 0 Å². The first-order chi connectivity index (χ1) is 4.34. The molecule has 1 nitrogen and oxygen atoms in total. The summed E-state index contributed by atoms with van der Waals surface area (Å²) in [5.74, 6) is 0. The van der Waals surface area contributed by atoms with Crippen LogP contribution in [0, 0.1) is 0 Å². The third-order valence-corrected chi connectivity index (χ3v) is 1.27. The Morgan fingerprint density at radius 2 is 2.44 bits per heavy atom. The van der Waals surface area contributed by atoms with Crippen molar-refractivity contribution in [1.29, 1.82) is 0 Å². The van der Waals surface area contributed by atoms with Gasteiger partial charge in [0.15, 0.2) is 0 Å². The molecule has 9 heavy (non-hydrogen) atoms. The van der Waals surface area contributed by atoms with Crippen LogP contribution in [-0.2, 0) is 0 Å². The van der Waals surface area contributed by atoms with Crippen molar-refractivity contribution in [2.45, 2.75) is 0 Å². The molecule has 0 radical (unpaired) electrons. The van der Waals surface area contributed by atoms with Crippen LogP contribution in [0.1, 0.15) is 0 Å². The van der Waals surface area contributed by atoms with E-state index in [9.17, 15) is 0 Å². The number of hydrogen-bond donors (Lipinski definition) is 0. The summed E-state index contributed by atoms with van der Waals surface area (Å²) >= 11 is 0.